The van der Waals surface area contributed by atoms with Gasteiger partial charge in [-0.05, 0) is 42.5 Å². The average molecular weight is 356 g/mol. The zero-order valence-electron chi connectivity index (χ0n) is 14.3. The third kappa shape index (κ3) is 5.41. The highest BCUT2D eigenvalue weighted by Crippen LogP contribution is 2.29. The predicted octanol–water partition coefficient (Wildman–Crippen LogP) is 5.36. The molecule has 2 rings (SSSR count). The van der Waals surface area contributed by atoms with Crippen LogP contribution in [0.2, 0.25) is 0 Å². The molecule has 3 nitrogen and oxygen atoms in total. The normalized spacial score (nSPS) is 13.1. The van der Waals surface area contributed by atoms with E-state index in [0.717, 1.165) is 18.7 Å². The third-order valence-electron chi connectivity index (χ3n) is 3.53. The summed E-state index contributed by atoms with van der Waals surface area (Å²) in [6.07, 6.45) is -2.69. The minimum absolute atomic E-state index is 0.000880. The van der Waals surface area contributed by atoms with Gasteiger partial charge in [-0.2, -0.15) is 13.2 Å². The highest BCUT2D eigenvalue weighted by molar-refractivity contribution is 5.60. The number of hydrogen-bond acceptors (Lipinski definition) is 3. The number of nitrogens with zero attached hydrogens (tertiary/aromatic N) is 2. The van der Waals surface area contributed by atoms with E-state index in [9.17, 15) is 17.6 Å². The van der Waals surface area contributed by atoms with E-state index >= 15 is 0 Å². The van der Waals surface area contributed by atoms with Gasteiger partial charge in [0.25, 0.3) is 0 Å². The van der Waals surface area contributed by atoms with Gasteiger partial charge in [-0.15, -0.1) is 0 Å². The van der Waals surface area contributed by atoms with Gasteiger partial charge in [0.1, 0.15) is 0 Å². The number of alkyl halides is 3. The van der Waals surface area contributed by atoms with Crippen molar-refractivity contribution < 1.29 is 22.3 Å². The van der Waals surface area contributed by atoms with E-state index in [2.05, 4.69) is 23.8 Å². The number of benzene rings is 1. The summed E-state index contributed by atoms with van der Waals surface area (Å²) in [7, 11) is 0. The maximum absolute atomic E-state index is 14.2. The van der Waals surface area contributed by atoms with Crippen LogP contribution in [-0.2, 0) is 6.18 Å². The minimum atomic E-state index is -4.65. The van der Waals surface area contributed by atoms with Gasteiger partial charge < -0.3 is 4.74 Å². The number of halogens is 4. The first-order valence-corrected chi connectivity index (χ1v) is 7.99. The van der Waals surface area contributed by atoms with E-state index in [0.29, 0.717) is 12.5 Å². The molecule has 0 fully saturated rings. The Hall–Kier alpha value is -2.18. The summed E-state index contributed by atoms with van der Waals surface area (Å²) in [6, 6.07) is 5.30. The van der Waals surface area contributed by atoms with Gasteiger partial charge in [0.05, 0.1) is 12.3 Å². The van der Waals surface area contributed by atoms with Crippen LogP contribution in [0.3, 0.4) is 0 Å². The van der Waals surface area contributed by atoms with Gasteiger partial charge >= 0.3 is 6.18 Å². The fourth-order valence-electron chi connectivity index (χ4n) is 2.54. The average Bonchev–Trinajstić information content (AvgIpc) is 2.52. The maximum atomic E-state index is 14.2. The van der Waals surface area contributed by atoms with Crippen molar-refractivity contribution in [2.45, 2.75) is 33.4 Å². The van der Waals surface area contributed by atoms with Gasteiger partial charge in [0.2, 0.25) is 5.82 Å². The molecule has 0 radical (unpaired) electrons. The second-order valence-corrected chi connectivity index (χ2v) is 6.45. The van der Waals surface area contributed by atoms with Crippen LogP contribution >= 0.6 is 0 Å². The van der Waals surface area contributed by atoms with E-state index in [-0.39, 0.29) is 22.9 Å². The summed E-state index contributed by atoms with van der Waals surface area (Å²) in [6.45, 7) is 6.59. The maximum Gasteiger partial charge on any atom is 0.451 e. The highest BCUT2D eigenvalue weighted by atomic mass is 19.4. The Kier molecular flexibility index (Phi) is 5.98. The van der Waals surface area contributed by atoms with Crippen molar-refractivity contribution >= 4 is 0 Å². The summed E-state index contributed by atoms with van der Waals surface area (Å²) in [5.41, 5.74) is 0.230. The van der Waals surface area contributed by atoms with Gasteiger partial charge in [-0.3, -0.25) is 0 Å². The highest BCUT2D eigenvalue weighted by Gasteiger charge is 2.34. The van der Waals surface area contributed by atoms with Crippen LogP contribution in [0.5, 0.6) is 5.75 Å². The van der Waals surface area contributed by atoms with Crippen LogP contribution in [0.1, 0.15) is 33.0 Å². The van der Waals surface area contributed by atoms with E-state index in [1.54, 1.807) is 0 Å². The molecule has 25 heavy (non-hydrogen) atoms. The number of rotatable bonds is 6. The van der Waals surface area contributed by atoms with Crippen LogP contribution < -0.4 is 4.74 Å². The Morgan fingerprint density at radius 2 is 1.84 bits per heavy atom. The fourth-order valence-corrected chi connectivity index (χ4v) is 2.54. The lowest BCUT2D eigenvalue weighted by atomic mass is 10.00. The van der Waals surface area contributed by atoms with Crippen LogP contribution in [-0.4, -0.2) is 16.6 Å². The largest absolute Gasteiger partial charge is 0.490 e. The first-order valence-electron chi connectivity index (χ1n) is 7.99. The lowest BCUT2D eigenvalue weighted by Gasteiger charge is -2.15. The molecule has 0 unspecified atom stereocenters. The molecule has 0 aliphatic heterocycles. The lowest BCUT2D eigenvalue weighted by molar-refractivity contribution is -0.144. The number of hydrogen-bond donors (Lipinski definition) is 0. The van der Waals surface area contributed by atoms with Gasteiger partial charge in [-0.25, -0.2) is 14.4 Å². The smallest absolute Gasteiger partial charge is 0.451 e. The van der Waals surface area contributed by atoms with Crippen LogP contribution in [0, 0.1) is 17.7 Å². The molecule has 0 saturated heterocycles. The van der Waals surface area contributed by atoms with Crippen molar-refractivity contribution in [1.29, 1.82) is 0 Å². The van der Waals surface area contributed by atoms with Crippen molar-refractivity contribution in [2.24, 2.45) is 11.8 Å². The molecule has 2 aromatic rings. The summed E-state index contributed by atoms with van der Waals surface area (Å²) in [4.78, 5) is 6.64. The van der Waals surface area contributed by atoms with E-state index in [1.165, 1.54) is 18.2 Å². The Labute approximate surface area is 144 Å². The van der Waals surface area contributed by atoms with E-state index < -0.39 is 17.8 Å². The van der Waals surface area contributed by atoms with Crippen molar-refractivity contribution in [3.8, 4) is 17.0 Å². The minimum Gasteiger partial charge on any atom is -0.490 e. The molecule has 0 aliphatic rings. The molecule has 1 heterocycles. The van der Waals surface area contributed by atoms with Crippen molar-refractivity contribution in [1.82, 2.24) is 9.97 Å². The Morgan fingerprint density at radius 1 is 1.12 bits per heavy atom. The van der Waals surface area contributed by atoms with Crippen molar-refractivity contribution in [2.75, 3.05) is 6.61 Å². The molecule has 7 heteroatoms. The molecule has 0 aliphatic carbocycles. The Morgan fingerprint density at radius 3 is 2.44 bits per heavy atom. The SMILES string of the molecule is CC(C)C[C@H](C)COc1ccc(-c2ccnc(C(F)(F)F)n2)cc1F. The molecule has 0 amide bonds. The molecule has 1 aromatic carbocycles. The summed E-state index contributed by atoms with van der Waals surface area (Å²) < 4.78 is 57.7. The molecule has 0 bridgehead atoms. The van der Waals surface area contributed by atoms with E-state index in [1.807, 2.05) is 6.92 Å². The van der Waals surface area contributed by atoms with E-state index in [4.69, 9.17) is 4.74 Å². The summed E-state index contributed by atoms with van der Waals surface area (Å²) in [5, 5.41) is 0. The Balaban J connectivity index is 2.14. The molecular formula is C18H20F4N2O. The molecule has 1 atom stereocenters. The fraction of sp³-hybridized carbons (Fsp3) is 0.444. The standard InChI is InChI=1S/C18H20F4N2O/c1-11(2)8-12(3)10-25-16-5-4-13(9-14(16)19)15-6-7-23-17(24-15)18(20,21)22/h4-7,9,11-12H,8,10H2,1-3H3/t12-/m0/s1. The monoisotopic (exact) mass is 356 g/mol. The Bertz CT molecular complexity index is 716. The number of ether oxygens (including phenoxy) is 1. The molecular weight excluding hydrogens is 336 g/mol. The molecule has 0 N–H and O–H groups in total. The van der Waals surface area contributed by atoms with Crippen molar-refractivity contribution in [3.05, 3.63) is 42.1 Å². The molecule has 136 valence electrons. The van der Waals surface area contributed by atoms with Crippen LogP contribution in [0.4, 0.5) is 17.6 Å². The molecule has 1 aromatic heterocycles. The summed E-state index contributed by atoms with van der Waals surface area (Å²) in [5.74, 6) is -1.03. The second kappa shape index (κ2) is 7.80. The molecule has 0 spiro atoms. The predicted molar refractivity (Wildman–Crippen MR) is 86.5 cm³/mol. The third-order valence-corrected chi connectivity index (χ3v) is 3.53. The quantitative estimate of drug-likeness (QED) is 0.653. The molecule has 0 saturated carbocycles. The van der Waals surface area contributed by atoms with Gasteiger partial charge in [0.15, 0.2) is 11.6 Å². The van der Waals surface area contributed by atoms with Gasteiger partial charge in [0, 0.05) is 11.8 Å². The topological polar surface area (TPSA) is 35.0 Å². The lowest BCUT2D eigenvalue weighted by Crippen LogP contribution is -2.12. The zero-order valence-corrected chi connectivity index (χ0v) is 14.3. The first-order chi connectivity index (χ1) is 11.7. The van der Waals surface area contributed by atoms with Gasteiger partial charge in [-0.1, -0.05) is 20.8 Å². The zero-order chi connectivity index (χ0) is 18.6. The first kappa shape index (κ1) is 19.1. The van der Waals surface area contributed by atoms with Crippen molar-refractivity contribution in [3.63, 3.8) is 0 Å². The second-order valence-electron chi connectivity index (χ2n) is 6.45. The van der Waals surface area contributed by atoms with Crippen LogP contribution in [0.15, 0.2) is 30.5 Å². The van der Waals surface area contributed by atoms with Crippen LogP contribution in [0.25, 0.3) is 11.3 Å². The summed E-state index contributed by atoms with van der Waals surface area (Å²) >= 11 is 0. The number of aromatic nitrogens is 2.